The topological polar surface area (TPSA) is 72.0 Å². The third kappa shape index (κ3) is 4.46. The van der Waals surface area contributed by atoms with Crippen molar-refractivity contribution in [3.63, 3.8) is 0 Å². The zero-order valence-corrected chi connectivity index (χ0v) is 15.5. The third-order valence-electron chi connectivity index (χ3n) is 4.14. The zero-order chi connectivity index (χ0) is 18.7. The Balaban J connectivity index is 1.65. The lowest BCUT2D eigenvalue weighted by Gasteiger charge is -2.11. The zero-order valence-electron chi connectivity index (χ0n) is 14.7. The molecule has 0 radical (unpaired) electrons. The molecule has 1 heterocycles. The van der Waals surface area contributed by atoms with Gasteiger partial charge in [-0.25, -0.2) is 14.4 Å². The van der Waals surface area contributed by atoms with E-state index < -0.39 is 0 Å². The number of nitrogens with zero attached hydrogens (tertiary/aromatic N) is 2. The number of Topliss-reactive ketones (excluding diaryl/α,β-unsaturated/α-hetero) is 1. The number of thioether (sulfide) groups is 1. The number of benzene rings is 1. The molecule has 0 unspecified atom stereocenters. The quantitative estimate of drug-likeness (QED) is 0.457. The molecule has 26 heavy (non-hydrogen) atoms. The lowest BCUT2D eigenvalue weighted by Crippen LogP contribution is -2.25. The Labute approximate surface area is 155 Å². The number of halogens is 1. The van der Waals surface area contributed by atoms with Crippen molar-refractivity contribution in [2.75, 3.05) is 5.75 Å². The van der Waals surface area contributed by atoms with E-state index in [0.717, 1.165) is 18.7 Å². The van der Waals surface area contributed by atoms with Crippen molar-refractivity contribution in [2.45, 2.75) is 44.2 Å². The summed E-state index contributed by atoms with van der Waals surface area (Å²) in [5, 5.41) is 3.24. The Morgan fingerprint density at radius 1 is 1.27 bits per heavy atom. The van der Waals surface area contributed by atoms with Gasteiger partial charge in [-0.1, -0.05) is 30.0 Å². The summed E-state index contributed by atoms with van der Waals surface area (Å²) in [5.41, 5.74) is 1.56. The van der Waals surface area contributed by atoms with Crippen LogP contribution in [0.2, 0.25) is 0 Å². The van der Waals surface area contributed by atoms with E-state index in [1.807, 2.05) is 0 Å². The van der Waals surface area contributed by atoms with Gasteiger partial charge in [0.25, 0.3) is 0 Å². The fourth-order valence-corrected chi connectivity index (χ4v) is 3.59. The van der Waals surface area contributed by atoms with Gasteiger partial charge in [-0.15, -0.1) is 0 Å². The van der Waals surface area contributed by atoms with Crippen LogP contribution in [0.15, 0.2) is 29.3 Å². The van der Waals surface area contributed by atoms with E-state index in [-0.39, 0.29) is 29.8 Å². The lowest BCUT2D eigenvalue weighted by atomic mass is 10.2. The smallest absolute Gasteiger partial charge is 0.230 e. The van der Waals surface area contributed by atoms with Crippen LogP contribution in [0.5, 0.6) is 0 Å². The van der Waals surface area contributed by atoms with Gasteiger partial charge in [0.1, 0.15) is 16.7 Å². The van der Waals surface area contributed by atoms with Crippen LogP contribution in [0.3, 0.4) is 0 Å². The van der Waals surface area contributed by atoms with Crippen LogP contribution in [0.25, 0.3) is 0 Å². The molecule has 0 atom stereocenters. The van der Waals surface area contributed by atoms with Gasteiger partial charge < -0.3 is 5.32 Å². The summed E-state index contributed by atoms with van der Waals surface area (Å²) >= 11 is 1.22. The molecule has 1 N–H and O–H groups in total. The van der Waals surface area contributed by atoms with Crippen molar-refractivity contribution >= 4 is 23.5 Å². The first-order valence-corrected chi connectivity index (χ1v) is 9.46. The maximum absolute atomic E-state index is 13.6. The molecule has 5 nitrogen and oxygen atoms in total. The van der Waals surface area contributed by atoms with Crippen LogP contribution < -0.4 is 5.32 Å². The van der Waals surface area contributed by atoms with Gasteiger partial charge in [0.05, 0.1) is 17.0 Å². The van der Waals surface area contributed by atoms with Crippen molar-refractivity contribution in [3.05, 3.63) is 52.7 Å². The molecule has 1 amide bonds. The highest BCUT2D eigenvalue weighted by Crippen LogP contribution is 2.39. The van der Waals surface area contributed by atoms with Crippen molar-refractivity contribution in [1.29, 1.82) is 0 Å². The minimum absolute atomic E-state index is 0.106. The van der Waals surface area contributed by atoms with Crippen molar-refractivity contribution in [3.8, 4) is 0 Å². The Hall–Kier alpha value is -2.28. The standard InChI is InChI=1S/C19H20FN3O2S/c1-11-17(12(2)24)19(23-18(22-11)13-7-8-13)26-10-16(25)21-9-14-5-3-4-6-15(14)20/h3-6,13H,7-10H2,1-2H3,(H,21,25). The molecule has 1 aromatic heterocycles. The fourth-order valence-electron chi connectivity index (χ4n) is 2.62. The summed E-state index contributed by atoms with van der Waals surface area (Å²) in [5.74, 6) is 0.525. The molecule has 1 aromatic carbocycles. The Kier molecular flexibility index (Phi) is 5.66. The van der Waals surface area contributed by atoms with Crippen LogP contribution in [0.1, 0.15) is 53.1 Å². The predicted octanol–water partition coefficient (Wildman–Crippen LogP) is 3.41. The molecule has 0 spiro atoms. The number of hydrogen-bond donors (Lipinski definition) is 1. The largest absolute Gasteiger partial charge is 0.351 e. The van der Waals surface area contributed by atoms with Crippen LogP contribution in [0.4, 0.5) is 4.39 Å². The van der Waals surface area contributed by atoms with Gasteiger partial charge in [-0.2, -0.15) is 0 Å². The molecular formula is C19H20FN3O2S. The first-order valence-electron chi connectivity index (χ1n) is 8.48. The Morgan fingerprint density at radius 2 is 2.00 bits per heavy atom. The van der Waals surface area contributed by atoms with E-state index in [0.29, 0.717) is 27.8 Å². The molecule has 1 fully saturated rings. The van der Waals surface area contributed by atoms with E-state index in [9.17, 15) is 14.0 Å². The minimum Gasteiger partial charge on any atom is -0.351 e. The van der Waals surface area contributed by atoms with Gasteiger partial charge in [-0.3, -0.25) is 9.59 Å². The molecular weight excluding hydrogens is 353 g/mol. The number of ketones is 1. The summed E-state index contributed by atoms with van der Waals surface area (Å²) in [6.45, 7) is 3.40. The predicted molar refractivity (Wildman–Crippen MR) is 97.7 cm³/mol. The van der Waals surface area contributed by atoms with E-state index in [1.54, 1.807) is 25.1 Å². The number of aryl methyl sites for hydroxylation is 1. The number of amides is 1. The highest BCUT2D eigenvalue weighted by molar-refractivity contribution is 8.00. The first kappa shape index (κ1) is 18.5. The van der Waals surface area contributed by atoms with Gasteiger partial charge >= 0.3 is 0 Å². The maximum Gasteiger partial charge on any atom is 0.230 e. The van der Waals surface area contributed by atoms with E-state index >= 15 is 0 Å². The normalized spacial score (nSPS) is 13.5. The maximum atomic E-state index is 13.6. The number of carbonyl (C=O) groups is 2. The molecule has 2 aromatic rings. The van der Waals surface area contributed by atoms with Crippen LogP contribution >= 0.6 is 11.8 Å². The molecule has 1 aliphatic carbocycles. The summed E-state index contributed by atoms with van der Waals surface area (Å²) in [6, 6.07) is 6.32. The van der Waals surface area contributed by atoms with Crippen LogP contribution in [-0.4, -0.2) is 27.4 Å². The Morgan fingerprint density at radius 3 is 2.65 bits per heavy atom. The number of hydrogen-bond acceptors (Lipinski definition) is 5. The molecule has 136 valence electrons. The highest BCUT2D eigenvalue weighted by atomic mass is 32.2. The van der Waals surface area contributed by atoms with Gasteiger partial charge in [-0.05, 0) is 32.8 Å². The second-order valence-electron chi connectivity index (χ2n) is 6.33. The van der Waals surface area contributed by atoms with Gasteiger partial charge in [0.15, 0.2) is 5.78 Å². The van der Waals surface area contributed by atoms with E-state index in [1.165, 1.54) is 24.8 Å². The van der Waals surface area contributed by atoms with Crippen molar-refractivity contribution in [2.24, 2.45) is 0 Å². The summed E-state index contributed by atoms with van der Waals surface area (Å²) in [7, 11) is 0. The summed E-state index contributed by atoms with van der Waals surface area (Å²) in [4.78, 5) is 33.0. The third-order valence-corrected chi connectivity index (χ3v) is 5.12. The van der Waals surface area contributed by atoms with Crippen LogP contribution in [0, 0.1) is 12.7 Å². The number of rotatable bonds is 7. The van der Waals surface area contributed by atoms with E-state index in [2.05, 4.69) is 15.3 Å². The second-order valence-corrected chi connectivity index (χ2v) is 7.30. The summed E-state index contributed by atoms with van der Waals surface area (Å²) in [6.07, 6.45) is 2.12. The molecule has 3 rings (SSSR count). The highest BCUT2D eigenvalue weighted by Gasteiger charge is 2.29. The van der Waals surface area contributed by atoms with Crippen molar-refractivity contribution < 1.29 is 14.0 Å². The van der Waals surface area contributed by atoms with Crippen molar-refractivity contribution in [1.82, 2.24) is 15.3 Å². The Bertz CT molecular complexity index is 853. The minimum atomic E-state index is -0.347. The number of nitrogens with one attached hydrogen (secondary N) is 1. The molecule has 7 heteroatoms. The average Bonchev–Trinajstić information content (AvgIpc) is 3.43. The molecule has 1 saturated carbocycles. The number of carbonyl (C=O) groups excluding carboxylic acids is 2. The monoisotopic (exact) mass is 373 g/mol. The molecule has 0 aliphatic heterocycles. The first-order chi connectivity index (χ1) is 12.5. The SMILES string of the molecule is CC(=O)c1c(C)nc(C2CC2)nc1SCC(=O)NCc1ccccc1F. The lowest BCUT2D eigenvalue weighted by molar-refractivity contribution is -0.118. The van der Waals surface area contributed by atoms with Gasteiger partial charge in [0.2, 0.25) is 5.91 Å². The number of aromatic nitrogens is 2. The molecule has 1 aliphatic rings. The van der Waals surface area contributed by atoms with E-state index in [4.69, 9.17) is 0 Å². The second kappa shape index (κ2) is 7.95. The van der Waals surface area contributed by atoms with Gasteiger partial charge in [0, 0.05) is 18.0 Å². The van der Waals surface area contributed by atoms with Crippen LogP contribution in [-0.2, 0) is 11.3 Å². The fraction of sp³-hybridized carbons (Fsp3) is 0.368. The average molecular weight is 373 g/mol. The summed E-state index contributed by atoms with van der Waals surface area (Å²) < 4.78 is 13.6. The molecule has 0 saturated heterocycles. The molecule has 0 bridgehead atoms.